The number of halogens is 1. The molecule has 0 bridgehead atoms. The van der Waals surface area contributed by atoms with Crippen LogP contribution in [0.25, 0.3) is 0 Å². The molecule has 110 valence electrons. The van der Waals surface area contributed by atoms with E-state index in [2.05, 4.69) is 5.43 Å². The van der Waals surface area contributed by atoms with Crippen LogP contribution < -0.4 is 16.0 Å². The highest BCUT2D eigenvalue weighted by molar-refractivity contribution is 6.33. The first-order chi connectivity index (χ1) is 10.0. The number of hydrazine groups is 1. The van der Waals surface area contributed by atoms with Crippen LogP contribution in [0.15, 0.2) is 42.5 Å². The quantitative estimate of drug-likeness (QED) is 0.673. The molecule has 0 aliphatic rings. The van der Waals surface area contributed by atoms with Crippen molar-refractivity contribution < 1.29 is 9.53 Å². The van der Waals surface area contributed by atoms with Crippen LogP contribution in [-0.4, -0.2) is 24.9 Å². The van der Waals surface area contributed by atoms with Crippen LogP contribution >= 0.6 is 11.6 Å². The largest absolute Gasteiger partial charge is 0.457 e. The van der Waals surface area contributed by atoms with Crippen LogP contribution in [0.1, 0.15) is 10.4 Å². The van der Waals surface area contributed by atoms with Crippen molar-refractivity contribution in [1.82, 2.24) is 4.90 Å². The fourth-order valence-electron chi connectivity index (χ4n) is 1.76. The SMILES string of the molecule is CN(C)C(=O)c1cccc(Oc2ccc(NN)c(Cl)c2)c1. The van der Waals surface area contributed by atoms with Crippen LogP contribution in [0, 0.1) is 0 Å². The number of benzene rings is 2. The summed E-state index contributed by atoms with van der Waals surface area (Å²) in [4.78, 5) is 13.4. The molecule has 0 aliphatic heterocycles. The van der Waals surface area contributed by atoms with Crippen molar-refractivity contribution in [3.8, 4) is 11.5 Å². The van der Waals surface area contributed by atoms with E-state index in [1.807, 2.05) is 0 Å². The number of nitrogens with two attached hydrogens (primary N) is 1. The van der Waals surface area contributed by atoms with Gasteiger partial charge in [0.15, 0.2) is 0 Å². The third kappa shape index (κ3) is 3.65. The summed E-state index contributed by atoms with van der Waals surface area (Å²) in [6.07, 6.45) is 0. The standard InChI is InChI=1S/C15H16ClN3O2/c1-19(2)15(20)10-4-3-5-11(8-10)21-12-6-7-14(18-17)13(16)9-12/h3-9,18H,17H2,1-2H3. The summed E-state index contributed by atoms with van der Waals surface area (Å²) in [6.45, 7) is 0. The zero-order chi connectivity index (χ0) is 15.4. The molecule has 0 aliphatic carbocycles. The van der Waals surface area contributed by atoms with Gasteiger partial charge in [-0.15, -0.1) is 0 Å². The second-order valence-corrected chi connectivity index (χ2v) is 5.02. The lowest BCUT2D eigenvalue weighted by atomic mass is 10.2. The van der Waals surface area contributed by atoms with Crippen LogP contribution in [0.5, 0.6) is 11.5 Å². The van der Waals surface area contributed by atoms with Gasteiger partial charge in [-0.3, -0.25) is 10.6 Å². The second-order valence-electron chi connectivity index (χ2n) is 4.62. The zero-order valence-corrected chi connectivity index (χ0v) is 12.5. The Balaban J connectivity index is 2.22. The van der Waals surface area contributed by atoms with Crippen molar-refractivity contribution in [3.63, 3.8) is 0 Å². The van der Waals surface area contributed by atoms with Crippen molar-refractivity contribution in [2.75, 3.05) is 19.5 Å². The van der Waals surface area contributed by atoms with E-state index in [-0.39, 0.29) is 5.91 Å². The van der Waals surface area contributed by atoms with Gasteiger partial charge in [-0.2, -0.15) is 0 Å². The normalized spacial score (nSPS) is 10.1. The summed E-state index contributed by atoms with van der Waals surface area (Å²) < 4.78 is 5.71. The number of hydrogen-bond acceptors (Lipinski definition) is 4. The van der Waals surface area contributed by atoms with Gasteiger partial charge in [0.05, 0.1) is 10.7 Å². The highest BCUT2D eigenvalue weighted by Crippen LogP contribution is 2.29. The predicted molar refractivity (Wildman–Crippen MR) is 83.8 cm³/mol. The average Bonchev–Trinajstić information content (AvgIpc) is 2.47. The second kappa shape index (κ2) is 6.47. The number of rotatable bonds is 4. The molecule has 0 unspecified atom stereocenters. The molecule has 2 aromatic rings. The van der Waals surface area contributed by atoms with Crippen molar-refractivity contribution in [2.24, 2.45) is 5.84 Å². The summed E-state index contributed by atoms with van der Waals surface area (Å²) in [5.41, 5.74) is 3.66. The first-order valence-corrected chi connectivity index (χ1v) is 6.65. The maximum absolute atomic E-state index is 11.9. The van der Waals surface area contributed by atoms with Gasteiger partial charge in [0.1, 0.15) is 11.5 Å². The Morgan fingerprint density at radius 3 is 2.52 bits per heavy atom. The maximum Gasteiger partial charge on any atom is 0.253 e. The third-order valence-electron chi connectivity index (χ3n) is 2.82. The first-order valence-electron chi connectivity index (χ1n) is 6.27. The van der Waals surface area contributed by atoms with Gasteiger partial charge in [-0.25, -0.2) is 0 Å². The molecule has 21 heavy (non-hydrogen) atoms. The van der Waals surface area contributed by atoms with Gasteiger partial charge in [0, 0.05) is 25.7 Å². The van der Waals surface area contributed by atoms with E-state index >= 15 is 0 Å². The fraction of sp³-hybridized carbons (Fsp3) is 0.133. The first kappa shape index (κ1) is 15.2. The lowest BCUT2D eigenvalue weighted by molar-refractivity contribution is 0.0827. The molecule has 3 N–H and O–H groups in total. The molecule has 0 fully saturated rings. The van der Waals surface area contributed by atoms with E-state index in [9.17, 15) is 4.79 Å². The Morgan fingerprint density at radius 1 is 1.19 bits per heavy atom. The number of nitrogens with one attached hydrogen (secondary N) is 1. The van der Waals surface area contributed by atoms with E-state index in [0.29, 0.717) is 27.8 Å². The van der Waals surface area contributed by atoms with Crippen LogP contribution in [0.3, 0.4) is 0 Å². The highest BCUT2D eigenvalue weighted by atomic mass is 35.5. The van der Waals surface area contributed by atoms with Crippen molar-refractivity contribution >= 4 is 23.2 Å². The molecule has 6 heteroatoms. The molecule has 0 aromatic heterocycles. The molecular formula is C15H16ClN3O2. The topological polar surface area (TPSA) is 67.6 Å². The smallest absolute Gasteiger partial charge is 0.253 e. The number of amides is 1. The van der Waals surface area contributed by atoms with Gasteiger partial charge < -0.3 is 15.1 Å². The maximum atomic E-state index is 11.9. The Labute approximate surface area is 128 Å². The van der Waals surface area contributed by atoms with Crippen molar-refractivity contribution in [3.05, 3.63) is 53.1 Å². The van der Waals surface area contributed by atoms with Gasteiger partial charge in [-0.05, 0) is 30.3 Å². The van der Waals surface area contributed by atoms with Crippen molar-refractivity contribution in [1.29, 1.82) is 0 Å². The fourth-order valence-corrected chi connectivity index (χ4v) is 1.99. The molecule has 0 heterocycles. The third-order valence-corrected chi connectivity index (χ3v) is 3.13. The molecule has 2 rings (SSSR count). The number of hydrogen-bond donors (Lipinski definition) is 2. The minimum absolute atomic E-state index is 0.0823. The Hall–Kier alpha value is -2.24. The Morgan fingerprint density at radius 2 is 1.90 bits per heavy atom. The van der Waals surface area contributed by atoms with Crippen LogP contribution in [-0.2, 0) is 0 Å². The van der Waals surface area contributed by atoms with Crippen molar-refractivity contribution in [2.45, 2.75) is 0 Å². The molecule has 1 amide bonds. The summed E-state index contributed by atoms with van der Waals surface area (Å²) in [5, 5.41) is 0.454. The lowest BCUT2D eigenvalue weighted by Crippen LogP contribution is -2.21. The van der Waals surface area contributed by atoms with E-state index < -0.39 is 0 Å². The average molecular weight is 306 g/mol. The predicted octanol–water partition coefficient (Wildman–Crippen LogP) is 3.12. The van der Waals surface area contributed by atoms with E-state index in [0.717, 1.165) is 0 Å². The van der Waals surface area contributed by atoms with Crippen LogP contribution in [0.2, 0.25) is 5.02 Å². The van der Waals surface area contributed by atoms with Gasteiger partial charge in [0.25, 0.3) is 5.91 Å². The summed E-state index contributed by atoms with van der Waals surface area (Å²) in [5.74, 6) is 6.36. The number of nitrogen functional groups attached to an aromatic ring is 1. The molecule has 0 saturated heterocycles. The van der Waals surface area contributed by atoms with E-state index in [1.165, 1.54) is 4.90 Å². The summed E-state index contributed by atoms with van der Waals surface area (Å²) in [7, 11) is 3.41. The zero-order valence-electron chi connectivity index (χ0n) is 11.8. The minimum Gasteiger partial charge on any atom is -0.457 e. The molecule has 2 aromatic carbocycles. The molecular weight excluding hydrogens is 290 g/mol. The number of anilines is 1. The van der Waals surface area contributed by atoms with Crippen LogP contribution in [0.4, 0.5) is 5.69 Å². The summed E-state index contributed by atoms with van der Waals surface area (Å²) in [6, 6.07) is 12.1. The highest BCUT2D eigenvalue weighted by Gasteiger charge is 2.09. The summed E-state index contributed by atoms with van der Waals surface area (Å²) >= 11 is 6.04. The monoisotopic (exact) mass is 305 g/mol. The van der Waals surface area contributed by atoms with E-state index in [1.54, 1.807) is 56.6 Å². The van der Waals surface area contributed by atoms with Gasteiger partial charge in [-0.1, -0.05) is 17.7 Å². The Bertz CT molecular complexity index is 659. The lowest BCUT2D eigenvalue weighted by Gasteiger charge is -2.12. The number of carbonyl (C=O) groups is 1. The Kier molecular flexibility index (Phi) is 4.67. The minimum atomic E-state index is -0.0823. The number of ether oxygens (including phenoxy) is 1. The molecule has 0 radical (unpaired) electrons. The molecule has 0 atom stereocenters. The van der Waals surface area contributed by atoms with Gasteiger partial charge >= 0.3 is 0 Å². The number of carbonyl (C=O) groups excluding carboxylic acids is 1. The molecule has 5 nitrogen and oxygen atoms in total. The molecule has 0 saturated carbocycles. The van der Waals surface area contributed by atoms with Gasteiger partial charge in [0.2, 0.25) is 0 Å². The number of nitrogens with zero attached hydrogens (tertiary/aromatic N) is 1. The molecule has 0 spiro atoms. The van der Waals surface area contributed by atoms with E-state index in [4.69, 9.17) is 22.2 Å².